The van der Waals surface area contributed by atoms with E-state index in [9.17, 15) is 27.6 Å². The number of amides is 4. The third-order valence-electron chi connectivity index (χ3n) is 12.9. The molecule has 0 unspecified atom stereocenters. The SMILES string of the molecule is CC1(S(=O)(=O)NC(=O)[C@@]23C[C@H]2C=CCCCCC[C@H](NC(=O)OC2CCCC2)C(=O)N2C[C@H](Oc4nc(-c5ccc(Cl)cc5)nc5c4oc4ccccc45)C[C@H]2C(=O)N3)CC1. The Morgan fingerprint density at radius 2 is 1.72 bits per heavy atom. The minimum Gasteiger partial charge on any atom is -0.470 e. The number of fused-ring (bicyclic) bond motifs is 5. The van der Waals surface area contributed by atoms with Crippen molar-refractivity contribution in [2.45, 2.75) is 125 Å². The van der Waals surface area contributed by atoms with Gasteiger partial charge >= 0.3 is 6.09 Å². The summed E-state index contributed by atoms with van der Waals surface area (Å²) in [6.45, 7) is 1.51. The summed E-state index contributed by atoms with van der Waals surface area (Å²) < 4.78 is 46.4. The van der Waals surface area contributed by atoms with Gasteiger partial charge in [0.1, 0.15) is 40.9 Å². The predicted molar refractivity (Wildman–Crippen MR) is 226 cm³/mol. The molecule has 3 aliphatic carbocycles. The van der Waals surface area contributed by atoms with Crippen LogP contribution in [0.3, 0.4) is 0 Å². The molecule has 1 saturated heterocycles. The lowest BCUT2D eigenvalue weighted by Gasteiger charge is -2.30. The molecule has 322 valence electrons. The van der Waals surface area contributed by atoms with Crippen LogP contribution in [-0.2, 0) is 29.1 Å². The number of halogens is 1. The van der Waals surface area contributed by atoms with Crippen LogP contribution < -0.4 is 20.1 Å². The highest BCUT2D eigenvalue weighted by atomic mass is 35.5. The average molecular weight is 873 g/mol. The van der Waals surface area contributed by atoms with Gasteiger partial charge in [0.2, 0.25) is 27.4 Å². The number of benzene rings is 2. The van der Waals surface area contributed by atoms with Crippen molar-refractivity contribution in [2.75, 3.05) is 6.54 Å². The summed E-state index contributed by atoms with van der Waals surface area (Å²) in [5.74, 6) is -1.99. The number of allylic oxidation sites excluding steroid dienone is 1. The molecule has 15 nitrogen and oxygen atoms in total. The number of rotatable bonds is 8. The van der Waals surface area contributed by atoms with Gasteiger partial charge in [-0.15, -0.1) is 0 Å². The Morgan fingerprint density at radius 3 is 2.49 bits per heavy atom. The maximum absolute atomic E-state index is 14.8. The zero-order valence-electron chi connectivity index (χ0n) is 33.9. The van der Waals surface area contributed by atoms with Gasteiger partial charge in [-0.1, -0.05) is 48.7 Å². The van der Waals surface area contributed by atoms with E-state index in [0.717, 1.165) is 43.9 Å². The number of aromatic nitrogens is 2. The molecule has 5 aliphatic rings. The van der Waals surface area contributed by atoms with Crippen LogP contribution in [0.25, 0.3) is 33.5 Å². The van der Waals surface area contributed by atoms with Crippen LogP contribution in [0, 0.1) is 5.92 Å². The van der Waals surface area contributed by atoms with Crippen LogP contribution in [0.2, 0.25) is 5.02 Å². The van der Waals surface area contributed by atoms with Gasteiger partial charge in [-0.3, -0.25) is 19.1 Å². The van der Waals surface area contributed by atoms with Gasteiger partial charge in [-0.2, -0.15) is 4.98 Å². The standard InChI is InChI=1S/C44H49ClN6O9S/c1-43(21-22-43)61(56,57)50-41(54)44-24-27(44)11-5-3-2-4-6-15-32(46-42(55)59-29-12-7-8-13-29)40(53)51-25-30(23-33(51)38(52)49-44)58-39-36-35(31-14-9-10-16-34(31)60-36)47-37(48-39)26-17-19-28(45)20-18-26/h5,9-11,14,16-20,27,29-30,32-33H,2-4,6-8,12-13,15,21-25H2,1H3,(H,46,55)(H,49,52)(H,50,54)/t27-,30-,32+,33+,44-/m1/s1. The number of nitrogens with one attached hydrogen (secondary N) is 3. The van der Waals surface area contributed by atoms with Crippen LogP contribution in [-0.4, -0.2) is 88.2 Å². The van der Waals surface area contributed by atoms with Crippen molar-refractivity contribution in [3.63, 3.8) is 0 Å². The van der Waals surface area contributed by atoms with Crippen molar-refractivity contribution in [1.82, 2.24) is 30.2 Å². The van der Waals surface area contributed by atoms with Crippen molar-refractivity contribution in [2.24, 2.45) is 5.92 Å². The molecule has 3 N–H and O–H groups in total. The number of furan rings is 1. The van der Waals surface area contributed by atoms with E-state index in [1.807, 2.05) is 36.4 Å². The van der Waals surface area contributed by atoms with Gasteiger partial charge < -0.3 is 29.4 Å². The normalized spacial score (nSPS) is 26.8. The lowest BCUT2D eigenvalue weighted by Crippen LogP contribution is -2.58. The summed E-state index contributed by atoms with van der Waals surface area (Å²) in [5, 5.41) is 7.01. The summed E-state index contributed by atoms with van der Waals surface area (Å²) in [6, 6.07) is 12.3. The van der Waals surface area contributed by atoms with Crippen LogP contribution in [0.5, 0.6) is 5.88 Å². The Bertz CT molecular complexity index is 2520. The second-order valence-electron chi connectivity index (χ2n) is 17.3. The molecule has 4 heterocycles. The van der Waals surface area contributed by atoms with Crippen molar-refractivity contribution < 1.29 is 41.5 Å². The van der Waals surface area contributed by atoms with E-state index in [0.29, 0.717) is 59.6 Å². The molecule has 2 aromatic carbocycles. The molecule has 3 saturated carbocycles. The van der Waals surface area contributed by atoms with E-state index in [1.165, 1.54) is 4.90 Å². The van der Waals surface area contributed by atoms with Crippen molar-refractivity contribution >= 4 is 67.5 Å². The summed E-state index contributed by atoms with van der Waals surface area (Å²) in [7, 11) is -4.02. The predicted octanol–water partition coefficient (Wildman–Crippen LogP) is 6.48. The smallest absolute Gasteiger partial charge is 0.408 e. The monoisotopic (exact) mass is 872 g/mol. The number of hydrogen-bond donors (Lipinski definition) is 3. The number of carbonyl (C=O) groups excluding carboxylic acids is 4. The third-order valence-corrected chi connectivity index (χ3v) is 15.3. The molecule has 0 radical (unpaired) electrons. The van der Waals surface area contributed by atoms with Gasteiger partial charge in [0.15, 0.2) is 5.82 Å². The zero-order valence-corrected chi connectivity index (χ0v) is 35.4. The van der Waals surface area contributed by atoms with E-state index in [4.69, 9.17) is 35.5 Å². The van der Waals surface area contributed by atoms with Crippen molar-refractivity contribution in [3.8, 4) is 17.3 Å². The van der Waals surface area contributed by atoms with Crippen LogP contribution in [0.4, 0.5) is 4.79 Å². The summed E-state index contributed by atoms with van der Waals surface area (Å²) in [4.78, 5) is 67.7. The number of para-hydroxylation sites is 1. The van der Waals surface area contributed by atoms with Crippen LogP contribution in [0.15, 0.2) is 65.1 Å². The average Bonchev–Trinajstić information content (AvgIpc) is 3.89. The molecule has 4 aromatic rings. The summed E-state index contributed by atoms with van der Waals surface area (Å²) in [6.07, 6.45) is 9.67. The van der Waals surface area contributed by atoms with Gasteiger partial charge in [0.25, 0.3) is 11.8 Å². The number of carbonyl (C=O) groups is 4. The minimum atomic E-state index is -4.02. The topological polar surface area (TPSA) is 199 Å². The molecule has 2 aliphatic heterocycles. The fourth-order valence-electron chi connectivity index (χ4n) is 8.81. The molecular formula is C44H49ClN6O9S. The lowest BCUT2D eigenvalue weighted by atomic mass is 10.0. The Morgan fingerprint density at radius 1 is 0.967 bits per heavy atom. The Labute approximate surface area is 358 Å². The number of nitrogens with zero attached hydrogens (tertiary/aromatic N) is 3. The Hall–Kier alpha value is -5.22. The lowest BCUT2D eigenvalue weighted by molar-refractivity contribution is -0.141. The third kappa shape index (κ3) is 8.28. The first kappa shape index (κ1) is 41.1. The molecule has 2 aromatic heterocycles. The van der Waals surface area contributed by atoms with Gasteiger partial charge in [0.05, 0.1) is 11.3 Å². The molecular weight excluding hydrogens is 824 g/mol. The molecule has 4 amide bonds. The molecule has 5 atom stereocenters. The van der Waals surface area contributed by atoms with E-state index in [1.54, 1.807) is 31.2 Å². The van der Waals surface area contributed by atoms with Crippen molar-refractivity contribution in [1.29, 1.82) is 0 Å². The Balaban J connectivity index is 1.05. The zero-order chi connectivity index (χ0) is 42.5. The molecule has 0 spiro atoms. The maximum Gasteiger partial charge on any atom is 0.408 e. The van der Waals surface area contributed by atoms with Gasteiger partial charge in [0, 0.05) is 28.3 Å². The van der Waals surface area contributed by atoms with Gasteiger partial charge in [-0.25, -0.2) is 18.2 Å². The highest BCUT2D eigenvalue weighted by Gasteiger charge is 2.63. The highest BCUT2D eigenvalue weighted by Crippen LogP contribution is 2.48. The largest absolute Gasteiger partial charge is 0.470 e. The summed E-state index contributed by atoms with van der Waals surface area (Å²) in [5.41, 5.74) is 0.465. The number of hydrogen-bond acceptors (Lipinski definition) is 11. The Kier molecular flexibility index (Phi) is 11.0. The molecule has 9 rings (SSSR count). The van der Waals surface area contributed by atoms with E-state index < -0.39 is 68.2 Å². The molecule has 61 heavy (non-hydrogen) atoms. The van der Waals surface area contributed by atoms with E-state index in [-0.39, 0.29) is 37.0 Å². The number of sulfonamides is 1. The summed E-state index contributed by atoms with van der Waals surface area (Å²) >= 11 is 6.20. The first-order valence-electron chi connectivity index (χ1n) is 21.3. The van der Waals surface area contributed by atoms with Gasteiger partial charge in [-0.05, 0) is 108 Å². The van der Waals surface area contributed by atoms with Crippen LogP contribution in [0.1, 0.15) is 90.4 Å². The first-order chi connectivity index (χ1) is 29.3. The van der Waals surface area contributed by atoms with E-state index in [2.05, 4.69) is 15.4 Å². The van der Waals surface area contributed by atoms with Crippen molar-refractivity contribution in [3.05, 3.63) is 65.7 Å². The fraction of sp³-hybridized carbons (Fsp3) is 0.500. The fourth-order valence-corrected chi connectivity index (χ4v) is 10.2. The first-order valence-corrected chi connectivity index (χ1v) is 23.1. The van der Waals surface area contributed by atoms with E-state index >= 15 is 0 Å². The number of alkyl carbamates (subject to hydrolysis) is 1. The quantitative estimate of drug-likeness (QED) is 0.164. The maximum atomic E-state index is 14.8. The second kappa shape index (κ2) is 16.2. The second-order valence-corrected chi connectivity index (χ2v) is 20.0. The molecule has 0 bridgehead atoms. The minimum absolute atomic E-state index is 0.0204. The molecule has 17 heteroatoms. The molecule has 4 fully saturated rings. The highest BCUT2D eigenvalue weighted by molar-refractivity contribution is 7.91. The van der Waals surface area contributed by atoms with Crippen LogP contribution >= 0.6 is 11.6 Å². The number of ether oxygens (including phenoxy) is 2.